The molecule has 1 aromatic heterocycles. The average molecular weight is 373 g/mol. The molecule has 1 unspecified atom stereocenters. The van der Waals surface area contributed by atoms with Gasteiger partial charge in [0.25, 0.3) is 5.91 Å². The molecule has 2 heterocycles. The predicted octanol–water partition coefficient (Wildman–Crippen LogP) is 2.79. The number of hydrogen-bond acceptors (Lipinski definition) is 5. The van der Waals surface area contributed by atoms with Crippen molar-refractivity contribution in [2.45, 2.75) is 17.9 Å². The van der Waals surface area contributed by atoms with E-state index >= 15 is 0 Å². The third-order valence-electron chi connectivity index (χ3n) is 4.63. The molecule has 1 aromatic carbocycles. The lowest BCUT2D eigenvalue weighted by atomic mass is 10.2. The van der Waals surface area contributed by atoms with Gasteiger partial charge in [0, 0.05) is 36.8 Å². The Hall–Kier alpha value is -2.25. The van der Waals surface area contributed by atoms with Gasteiger partial charge in [0.2, 0.25) is 5.91 Å². The maximum absolute atomic E-state index is 12.6. The van der Waals surface area contributed by atoms with Crippen LogP contribution >= 0.6 is 11.8 Å². The molecule has 0 bridgehead atoms. The van der Waals surface area contributed by atoms with Crippen molar-refractivity contribution in [3.63, 3.8) is 0 Å². The molecule has 2 amide bonds. The van der Waals surface area contributed by atoms with E-state index in [4.69, 9.17) is 4.42 Å². The monoisotopic (exact) mass is 373 g/mol. The minimum Gasteiger partial charge on any atom is -0.472 e. The van der Waals surface area contributed by atoms with Crippen molar-refractivity contribution in [1.82, 2.24) is 9.80 Å². The highest BCUT2D eigenvalue weighted by Gasteiger charge is 2.28. The van der Waals surface area contributed by atoms with Crippen LogP contribution < -0.4 is 5.32 Å². The zero-order chi connectivity index (χ0) is 18.5. The third kappa shape index (κ3) is 4.28. The Bertz CT molecular complexity index is 755. The third-order valence-corrected chi connectivity index (χ3v) is 5.36. The summed E-state index contributed by atoms with van der Waals surface area (Å²) >= 11 is 1.64. The van der Waals surface area contributed by atoms with E-state index < -0.39 is 0 Å². The fourth-order valence-corrected chi connectivity index (χ4v) is 3.45. The fraction of sp³-hybridized carbons (Fsp3) is 0.368. The van der Waals surface area contributed by atoms with Crippen LogP contribution in [-0.4, -0.2) is 60.1 Å². The van der Waals surface area contributed by atoms with E-state index in [0.717, 1.165) is 10.6 Å². The molecule has 0 aliphatic carbocycles. The topological polar surface area (TPSA) is 65.8 Å². The molecular formula is C19H23N3O3S. The molecule has 1 aliphatic rings. The number of benzene rings is 1. The molecule has 1 atom stereocenters. The summed E-state index contributed by atoms with van der Waals surface area (Å²) in [5.74, 6) is -0.0535. The lowest BCUT2D eigenvalue weighted by molar-refractivity contribution is -0.121. The van der Waals surface area contributed by atoms with Gasteiger partial charge in [-0.1, -0.05) is 6.07 Å². The van der Waals surface area contributed by atoms with E-state index in [9.17, 15) is 9.59 Å². The van der Waals surface area contributed by atoms with Gasteiger partial charge in [-0.3, -0.25) is 14.5 Å². The van der Waals surface area contributed by atoms with E-state index in [1.807, 2.05) is 37.4 Å². The number of nitrogens with zero attached hydrogens (tertiary/aromatic N) is 2. The fourth-order valence-electron chi connectivity index (χ4n) is 2.99. The van der Waals surface area contributed by atoms with E-state index in [0.29, 0.717) is 31.7 Å². The van der Waals surface area contributed by atoms with E-state index in [-0.39, 0.29) is 17.9 Å². The summed E-state index contributed by atoms with van der Waals surface area (Å²) in [5, 5.41) is 2.98. The van der Waals surface area contributed by atoms with Crippen LogP contribution in [0.4, 0.5) is 5.69 Å². The number of thioether (sulfide) groups is 1. The molecule has 0 radical (unpaired) electrons. The molecule has 138 valence electrons. The Morgan fingerprint density at radius 1 is 1.19 bits per heavy atom. The van der Waals surface area contributed by atoms with Crippen LogP contribution in [0, 0.1) is 0 Å². The molecule has 0 saturated carbocycles. The van der Waals surface area contributed by atoms with Gasteiger partial charge in [0.15, 0.2) is 0 Å². The zero-order valence-corrected chi connectivity index (χ0v) is 15.8. The maximum atomic E-state index is 12.6. The molecular weight excluding hydrogens is 350 g/mol. The number of rotatable bonds is 5. The predicted molar refractivity (Wildman–Crippen MR) is 102 cm³/mol. The van der Waals surface area contributed by atoms with Crippen LogP contribution in [0.1, 0.15) is 17.3 Å². The molecule has 1 fully saturated rings. The van der Waals surface area contributed by atoms with Gasteiger partial charge in [-0.2, -0.15) is 0 Å². The molecule has 3 rings (SSSR count). The summed E-state index contributed by atoms with van der Waals surface area (Å²) in [4.78, 5) is 29.9. The first-order valence-electron chi connectivity index (χ1n) is 8.59. The zero-order valence-electron chi connectivity index (χ0n) is 15.0. The maximum Gasteiger partial charge on any atom is 0.257 e. The van der Waals surface area contributed by atoms with Crippen LogP contribution in [-0.2, 0) is 4.79 Å². The van der Waals surface area contributed by atoms with Crippen molar-refractivity contribution in [3.8, 4) is 0 Å². The minimum absolute atomic E-state index is 0.0237. The van der Waals surface area contributed by atoms with Crippen molar-refractivity contribution in [2.24, 2.45) is 0 Å². The number of hydrogen-bond donors (Lipinski definition) is 1. The summed E-state index contributed by atoms with van der Waals surface area (Å²) in [6.07, 6.45) is 4.98. The summed E-state index contributed by atoms with van der Waals surface area (Å²) in [5.41, 5.74) is 1.38. The molecule has 6 nitrogen and oxygen atoms in total. The van der Waals surface area contributed by atoms with Gasteiger partial charge in [-0.15, -0.1) is 11.8 Å². The van der Waals surface area contributed by atoms with Gasteiger partial charge in [0.05, 0.1) is 17.9 Å². The quantitative estimate of drug-likeness (QED) is 0.817. The van der Waals surface area contributed by atoms with Crippen molar-refractivity contribution in [2.75, 3.05) is 37.8 Å². The SMILES string of the molecule is CSc1cccc(NC(=O)C(C)N2CCN(C(=O)c3ccoc3)CC2)c1. The number of anilines is 1. The Kier molecular flexibility index (Phi) is 6.00. The lowest BCUT2D eigenvalue weighted by Crippen LogP contribution is -2.54. The molecule has 1 aliphatic heterocycles. The normalized spacial score (nSPS) is 16.3. The largest absolute Gasteiger partial charge is 0.472 e. The van der Waals surface area contributed by atoms with E-state index in [1.165, 1.54) is 12.5 Å². The van der Waals surface area contributed by atoms with Crippen LogP contribution in [0.5, 0.6) is 0 Å². The minimum atomic E-state index is -0.251. The summed E-state index contributed by atoms with van der Waals surface area (Å²) < 4.78 is 4.98. The number of piperazine rings is 1. The number of carbonyl (C=O) groups is 2. The van der Waals surface area contributed by atoms with Gasteiger partial charge >= 0.3 is 0 Å². The Balaban J connectivity index is 1.53. The highest BCUT2D eigenvalue weighted by Crippen LogP contribution is 2.19. The van der Waals surface area contributed by atoms with Crippen LogP contribution in [0.15, 0.2) is 52.2 Å². The summed E-state index contributed by atoms with van der Waals surface area (Å²) in [7, 11) is 0. The first-order chi connectivity index (χ1) is 12.6. The van der Waals surface area contributed by atoms with E-state index in [1.54, 1.807) is 22.7 Å². The second-order valence-electron chi connectivity index (χ2n) is 6.24. The number of carbonyl (C=O) groups excluding carboxylic acids is 2. The van der Waals surface area contributed by atoms with Crippen LogP contribution in [0.2, 0.25) is 0 Å². The molecule has 7 heteroatoms. The summed E-state index contributed by atoms with van der Waals surface area (Å²) in [6.45, 7) is 4.44. The average Bonchev–Trinajstić information content (AvgIpc) is 3.22. The lowest BCUT2D eigenvalue weighted by Gasteiger charge is -2.37. The first kappa shape index (κ1) is 18.5. The smallest absolute Gasteiger partial charge is 0.257 e. The number of nitrogens with one attached hydrogen (secondary N) is 1. The number of furan rings is 1. The van der Waals surface area contributed by atoms with E-state index in [2.05, 4.69) is 10.2 Å². The summed E-state index contributed by atoms with van der Waals surface area (Å²) in [6, 6.07) is 9.24. The Morgan fingerprint density at radius 3 is 2.62 bits per heavy atom. The molecule has 0 spiro atoms. The molecule has 1 saturated heterocycles. The first-order valence-corrected chi connectivity index (χ1v) is 9.81. The van der Waals surface area contributed by atoms with Crippen molar-refractivity contribution >= 4 is 29.3 Å². The molecule has 26 heavy (non-hydrogen) atoms. The second kappa shape index (κ2) is 8.42. The van der Waals surface area contributed by atoms with Crippen LogP contribution in [0.25, 0.3) is 0 Å². The van der Waals surface area contributed by atoms with Crippen molar-refractivity contribution < 1.29 is 14.0 Å². The standard InChI is InChI=1S/C19H23N3O3S/c1-14(18(23)20-16-4-3-5-17(12-16)26-2)21-7-9-22(10-8-21)19(24)15-6-11-25-13-15/h3-6,11-14H,7-10H2,1-2H3,(H,20,23). The van der Waals surface area contributed by atoms with Gasteiger partial charge in [-0.05, 0) is 37.4 Å². The Morgan fingerprint density at radius 2 is 1.96 bits per heavy atom. The van der Waals surface area contributed by atoms with Crippen LogP contribution in [0.3, 0.4) is 0 Å². The highest BCUT2D eigenvalue weighted by atomic mass is 32.2. The highest BCUT2D eigenvalue weighted by molar-refractivity contribution is 7.98. The van der Waals surface area contributed by atoms with Crippen molar-refractivity contribution in [3.05, 3.63) is 48.4 Å². The van der Waals surface area contributed by atoms with Crippen molar-refractivity contribution in [1.29, 1.82) is 0 Å². The van der Waals surface area contributed by atoms with Gasteiger partial charge < -0.3 is 14.6 Å². The Labute approximate surface area is 157 Å². The number of amides is 2. The van der Waals surface area contributed by atoms with Gasteiger partial charge in [-0.25, -0.2) is 0 Å². The second-order valence-corrected chi connectivity index (χ2v) is 7.12. The van der Waals surface area contributed by atoms with Gasteiger partial charge in [0.1, 0.15) is 6.26 Å². The molecule has 1 N–H and O–H groups in total. The molecule has 2 aromatic rings.